The van der Waals surface area contributed by atoms with Crippen molar-refractivity contribution in [1.82, 2.24) is 10.2 Å². The minimum atomic E-state index is -0.836. The summed E-state index contributed by atoms with van der Waals surface area (Å²) in [6.07, 6.45) is 2.61. The number of nitrogens with zero attached hydrogens (tertiary/aromatic N) is 1. The molecule has 6 nitrogen and oxygen atoms in total. The van der Waals surface area contributed by atoms with Crippen LogP contribution in [0, 0.1) is 0 Å². The number of rotatable bonds is 10. The third-order valence-corrected chi connectivity index (χ3v) is 4.28. The Hall–Kier alpha value is -0.690. The molecule has 1 aliphatic rings. The predicted octanol–water partition coefficient (Wildman–Crippen LogP) is 0.955. The Morgan fingerprint density at radius 1 is 1.33 bits per heavy atom. The van der Waals surface area contributed by atoms with Gasteiger partial charge in [-0.05, 0) is 39.3 Å². The van der Waals surface area contributed by atoms with Gasteiger partial charge in [-0.15, -0.1) is 0 Å². The van der Waals surface area contributed by atoms with Gasteiger partial charge in [0.05, 0.1) is 12.2 Å². The van der Waals surface area contributed by atoms with Crippen LogP contribution < -0.4 is 5.32 Å². The van der Waals surface area contributed by atoms with E-state index in [2.05, 4.69) is 10.2 Å². The first kappa shape index (κ1) is 18.4. The summed E-state index contributed by atoms with van der Waals surface area (Å²) in [5.41, 5.74) is -0.836. The van der Waals surface area contributed by atoms with Crippen LogP contribution in [0.5, 0.6) is 0 Å². The number of ether oxygens (including phenoxy) is 2. The largest absolute Gasteiger partial charge is 0.480 e. The zero-order valence-corrected chi connectivity index (χ0v) is 13.7. The molecule has 0 aliphatic carbocycles. The predicted molar refractivity (Wildman–Crippen MR) is 81.6 cm³/mol. The molecule has 0 radical (unpaired) electrons. The number of carboxylic acid groups (broad SMARTS) is 1. The Balaban J connectivity index is 2.39. The molecule has 1 fully saturated rings. The number of hydrogen-bond donors (Lipinski definition) is 2. The van der Waals surface area contributed by atoms with E-state index in [4.69, 9.17) is 9.47 Å². The molecular weight excluding hydrogens is 272 g/mol. The summed E-state index contributed by atoms with van der Waals surface area (Å²) in [5.74, 6) is -0.776. The molecule has 3 atom stereocenters. The van der Waals surface area contributed by atoms with Crippen molar-refractivity contribution in [3.05, 3.63) is 0 Å². The zero-order chi connectivity index (χ0) is 15.9. The van der Waals surface area contributed by atoms with Gasteiger partial charge in [-0.1, -0.05) is 6.92 Å². The number of hydrogen-bond acceptors (Lipinski definition) is 5. The Labute approximate surface area is 127 Å². The molecule has 0 aromatic rings. The van der Waals surface area contributed by atoms with E-state index in [1.807, 2.05) is 6.92 Å². The van der Waals surface area contributed by atoms with Crippen molar-refractivity contribution in [2.75, 3.05) is 40.4 Å². The van der Waals surface area contributed by atoms with E-state index in [0.717, 1.165) is 39.0 Å². The molecular formula is C15H30N2O4. The molecule has 1 aliphatic heterocycles. The normalized spacial score (nSPS) is 25.9. The first-order valence-electron chi connectivity index (χ1n) is 7.73. The van der Waals surface area contributed by atoms with Crippen LogP contribution in [-0.4, -0.2) is 74.1 Å². The van der Waals surface area contributed by atoms with Crippen molar-refractivity contribution in [2.24, 2.45) is 0 Å². The second-order valence-electron chi connectivity index (χ2n) is 5.98. The van der Waals surface area contributed by atoms with Gasteiger partial charge in [0.25, 0.3) is 0 Å². The molecule has 2 N–H and O–H groups in total. The van der Waals surface area contributed by atoms with Crippen LogP contribution in [0.3, 0.4) is 0 Å². The van der Waals surface area contributed by atoms with Crippen LogP contribution in [0.15, 0.2) is 0 Å². The van der Waals surface area contributed by atoms with Crippen molar-refractivity contribution >= 4 is 5.97 Å². The summed E-state index contributed by atoms with van der Waals surface area (Å²) in [5, 5.41) is 12.5. The highest BCUT2D eigenvalue weighted by atomic mass is 16.5. The summed E-state index contributed by atoms with van der Waals surface area (Å²) in [7, 11) is 3.41. The van der Waals surface area contributed by atoms with Gasteiger partial charge in [0.2, 0.25) is 0 Å². The van der Waals surface area contributed by atoms with E-state index < -0.39 is 11.5 Å². The van der Waals surface area contributed by atoms with E-state index in [1.54, 1.807) is 21.1 Å². The van der Waals surface area contributed by atoms with Crippen molar-refractivity contribution in [3.8, 4) is 0 Å². The first-order valence-corrected chi connectivity index (χ1v) is 7.73. The minimum Gasteiger partial charge on any atom is -0.480 e. The SMILES string of the molecule is CCCNC(C)(CCCN1CC(OC)C(OC)C1)C(=O)O. The van der Waals surface area contributed by atoms with Crippen LogP contribution in [0.2, 0.25) is 0 Å². The lowest BCUT2D eigenvalue weighted by atomic mass is 9.95. The average molecular weight is 302 g/mol. The second kappa shape index (κ2) is 8.68. The van der Waals surface area contributed by atoms with Crippen LogP contribution in [0.4, 0.5) is 0 Å². The standard InChI is InChI=1S/C15H30N2O4/c1-5-8-16-15(2,14(18)19)7-6-9-17-10-12(20-3)13(11-17)21-4/h12-13,16H,5-11H2,1-4H3,(H,18,19). The molecule has 0 amide bonds. The maximum absolute atomic E-state index is 11.4. The van der Waals surface area contributed by atoms with E-state index >= 15 is 0 Å². The maximum Gasteiger partial charge on any atom is 0.323 e. The van der Waals surface area contributed by atoms with Crippen LogP contribution in [0.25, 0.3) is 0 Å². The van der Waals surface area contributed by atoms with Crippen molar-refractivity contribution < 1.29 is 19.4 Å². The fourth-order valence-electron chi connectivity index (χ4n) is 2.78. The van der Waals surface area contributed by atoms with E-state index in [0.29, 0.717) is 6.42 Å². The lowest BCUT2D eigenvalue weighted by Gasteiger charge is -2.27. The summed E-state index contributed by atoms with van der Waals surface area (Å²) in [6.45, 7) is 7.10. The van der Waals surface area contributed by atoms with Crippen LogP contribution >= 0.6 is 0 Å². The molecule has 1 heterocycles. The smallest absolute Gasteiger partial charge is 0.323 e. The molecule has 1 saturated heterocycles. The Morgan fingerprint density at radius 2 is 1.90 bits per heavy atom. The van der Waals surface area contributed by atoms with Gasteiger partial charge >= 0.3 is 5.97 Å². The summed E-state index contributed by atoms with van der Waals surface area (Å²) in [4.78, 5) is 13.7. The molecule has 124 valence electrons. The highest BCUT2D eigenvalue weighted by Crippen LogP contribution is 2.18. The topological polar surface area (TPSA) is 71.0 Å². The number of carboxylic acids is 1. The minimum absolute atomic E-state index is 0.110. The lowest BCUT2D eigenvalue weighted by Crippen LogP contribution is -2.50. The van der Waals surface area contributed by atoms with Crippen LogP contribution in [-0.2, 0) is 14.3 Å². The molecule has 3 unspecified atom stereocenters. The van der Waals surface area contributed by atoms with E-state index in [1.165, 1.54) is 0 Å². The van der Waals surface area contributed by atoms with Crippen LogP contribution in [0.1, 0.15) is 33.1 Å². The summed E-state index contributed by atoms with van der Waals surface area (Å²) >= 11 is 0. The van der Waals surface area contributed by atoms with Crippen molar-refractivity contribution in [1.29, 1.82) is 0 Å². The lowest BCUT2D eigenvalue weighted by molar-refractivity contribution is -0.144. The summed E-state index contributed by atoms with van der Waals surface area (Å²) < 4.78 is 10.8. The first-order chi connectivity index (χ1) is 9.96. The number of methoxy groups -OCH3 is 2. The fraction of sp³-hybridized carbons (Fsp3) is 0.933. The molecule has 0 spiro atoms. The third kappa shape index (κ3) is 5.21. The third-order valence-electron chi connectivity index (χ3n) is 4.28. The van der Waals surface area contributed by atoms with Gasteiger partial charge in [-0.2, -0.15) is 0 Å². The average Bonchev–Trinajstić information content (AvgIpc) is 2.87. The Bertz CT molecular complexity index is 315. The molecule has 0 bridgehead atoms. The molecule has 21 heavy (non-hydrogen) atoms. The molecule has 0 aromatic heterocycles. The van der Waals surface area contributed by atoms with Gasteiger partial charge in [-0.3, -0.25) is 9.69 Å². The number of likely N-dealkylation sites (tertiary alicyclic amines) is 1. The van der Waals surface area contributed by atoms with Gasteiger partial charge in [0, 0.05) is 27.3 Å². The quantitative estimate of drug-likeness (QED) is 0.626. The van der Waals surface area contributed by atoms with Gasteiger partial charge in [0.15, 0.2) is 0 Å². The number of nitrogens with one attached hydrogen (secondary N) is 1. The number of carbonyl (C=O) groups is 1. The maximum atomic E-state index is 11.4. The van der Waals surface area contributed by atoms with Gasteiger partial charge in [-0.25, -0.2) is 0 Å². The fourth-order valence-corrected chi connectivity index (χ4v) is 2.78. The zero-order valence-electron chi connectivity index (χ0n) is 13.7. The molecule has 0 aromatic carbocycles. The number of aliphatic carboxylic acids is 1. The van der Waals surface area contributed by atoms with Crippen molar-refractivity contribution in [3.63, 3.8) is 0 Å². The Morgan fingerprint density at radius 3 is 2.33 bits per heavy atom. The Kier molecular flexibility index (Phi) is 7.59. The molecule has 0 saturated carbocycles. The second-order valence-corrected chi connectivity index (χ2v) is 5.98. The van der Waals surface area contributed by atoms with Gasteiger partial charge in [0.1, 0.15) is 5.54 Å². The summed E-state index contributed by atoms with van der Waals surface area (Å²) in [6, 6.07) is 0. The van der Waals surface area contributed by atoms with Gasteiger partial charge < -0.3 is 19.9 Å². The highest BCUT2D eigenvalue weighted by molar-refractivity contribution is 5.78. The van der Waals surface area contributed by atoms with Crippen molar-refractivity contribution in [2.45, 2.75) is 50.9 Å². The van der Waals surface area contributed by atoms with E-state index in [9.17, 15) is 9.90 Å². The highest BCUT2D eigenvalue weighted by Gasteiger charge is 2.34. The molecule has 1 rings (SSSR count). The molecule has 6 heteroatoms. The monoisotopic (exact) mass is 302 g/mol. The van der Waals surface area contributed by atoms with E-state index in [-0.39, 0.29) is 12.2 Å².